The van der Waals surface area contributed by atoms with Crippen molar-refractivity contribution < 1.29 is 9.59 Å². The Kier molecular flexibility index (Phi) is 6.55. The van der Waals surface area contributed by atoms with Gasteiger partial charge in [-0.05, 0) is 80.6 Å². The van der Waals surface area contributed by atoms with Gasteiger partial charge in [0.25, 0.3) is 0 Å². The highest BCUT2D eigenvalue weighted by molar-refractivity contribution is 6.31. The number of carbonyl (C=O) groups excluding carboxylic acids is 2. The van der Waals surface area contributed by atoms with E-state index in [0.717, 1.165) is 73.6 Å². The molecule has 0 atom stereocenters. The van der Waals surface area contributed by atoms with Crippen molar-refractivity contribution in [3.63, 3.8) is 0 Å². The van der Waals surface area contributed by atoms with Gasteiger partial charge in [-0.2, -0.15) is 0 Å². The quantitative estimate of drug-likeness (QED) is 0.432. The van der Waals surface area contributed by atoms with Crippen LogP contribution in [0.5, 0.6) is 0 Å². The van der Waals surface area contributed by atoms with Crippen LogP contribution in [0.3, 0.4) is 0 Å². The molecule has 0 aromatic heterocycles. The molecule has 0 saturated heterocycles. The zero-order valence-corrected chi connectivity index (χ0v) is 18.4. The Morgan fingerprint density at radius 3 is 2.77 bits per heavy atom. The number of Topliss-reactive ketones (excluding diaryl/α,β-unsaturated/α-hetero) is 1. The Morgan fingerprint density at radius 2 is 1.93 bits per heavy atom. The Balaban J connectivity index is 1.24. The first kappa shape index (κ1) is 21.1. The molecule has 2 heterocycles. The van der Waals surface area contributed by atoms with Gasteiger partial charge in [0.15, 0.2) is 5.78 Å². The van der Waals surface area contributed by atoms with E-state index in [4.69, 9.17) is 11.6 Å². The van der Waals surface area contributed by atoms with Crippen molar-refractivity contribution in [3.8, 4) is 0 Å². The molecular weight excluding hydrogens is 396 g/mol. The van der Waals surface area contributed by atoms with Crippen LogP contribution < -0.4 is 4.90 Å². The Bertz CT molecular complexity index is 956. The third kappa shape index (κ3) is 4.60. The van der Waals surface area contributed by atoms with E-state index in [-0.39, 0.29) is 11.7 Å². The van der Waals surface area contributed by atoms with E-state index in [0.29, 0.717) is 12.8 Å². The van der Waals surface area contributed by atoms with Crippen LogP contribution in [0.4, 0.5) is 5.69 Å². The molecule has 2 aliphatic heterocycles. The summed E-state index contributed by atoms with van der Waals surface area (Å²) in [7, 11) is 2.12. The van der Waals surface area contributed by atoms with Gasteiger partial charge in [-0.15, -0.1) is 0 Å². The predicted molar refractivity (Wildman–Crippen MR) is 122 cm³/mol. The SMILES string of the molecule is CN(CCCCC(=O)c1cc2c3c(c1)CC(=O)N3CCC2)CCc1ccccc1Cl. The summed E-state index contributed by atoms with van der Waals surface area (Å²) in [4.78, 5) is 29.2. The average molecular weight is 425 g/mol. The third-order valence-electron chi connectivity index (χ3n) is 6.24. The highest BCUT2D eigenvalue weighted by Gasteiger charge is 2.32. The molecule has 0 unspecified atom stereocenters. The zero-order valence-electron chi connectivity index (χ0n) is 17.6. The van der Waals surface area contributed by atoms with Crippen LogP contribution in [0.15, 0.2) is 36.4 Å². The fourth-order valence-corrected chi connectivity index (χ4v) is 4.81. The van der Waals surface area contributed by atoms with Crippen LogP contribution in [0.1, 0.15) is 52.7 Å². The molecule has 4 rings (SSSR count). The van der Waals surface area contributed by atoms with Crippen molar-refractivity contribution in [2.45, 2.75) is 44.9 Å². The lowest BCUT2D eigenvalue weighted by Gasteiger charge is -2.25. The average Bonchev–Trinajstić information content (AvgIpc) is 3.07. The van der Waals surface area contributed by atoms with Crippen molar-refractivity contribution in [2.24, 2.45) is 0 Å². The smallest absolute Gasteiger partial charge is 0.231 e. The lowest BCUT2D eigenvalue weighted by molar-refractivity contribution is -0.117. The number of rotatable bonds is 9. The lowest BCUT2D eigenvalue weighted by Crippen LogP contribution is -2.31. The van der Waals surface area contributed by atoms with E-state index in [2.05, 4.69) is 18.0 Å². The van der Waals surface area contributed by atoms with Crippen LogP contribution in [-0.4, -0.2) is 43.3 Å². The van der Waals surface area contributed by atoms with E-state index in [1.54, 1.807) is 0 Å². The normalized spacial score (nSPS) is 15.0. The minimum Gasteiger partial charge on any atom is -0.312 e. The number of amides is 1. The molecule has 158 valence electrons. The topological polar surface area (TPSA) is 40.6 Å². The van der Waals surface area contributed by atoms with Crippen molar-refractivity contribution in [1.29, 1.82) is 0 Å². The number of benzene rings is 2. The molecule has 2 aromatic carbocycles. The standard InChI is InChI=1S/C25H29ClN2O2/c1-27(14-11-18-7-2-3-9-22(18)26)12-5-4-10-23(29)20-15-19-8-6-13-28-24(30)17-21(16-20)25(19)28/h2-3,7,9,15-16H,4-6,8,10-14,17H2,1H3. The number of anilines is 1. The number of hydrogen-bond acceptors (Lipinski definition) is 3. The maximum Gasteiger partial charge on any atom is 0.231 e. The largest absolute Gasteiger partial charge is 0.312 e. The molecule has 0 spiro atoms. The second-order valence-electron chi connectivity index (χ2n) is 8.49. The molecule has 0 radical (unpaired) electrons. The number of likely N-dealkylation sites (N-methyl/N-ethyl adjacent to an activating group) is 1. The van der Waals surface area contributed by atoms with E-state index in [9.17, 15) is 9.59 Å². The molecule has 2 aliphatic rings. The first-order valence-electron chi connectivity index (χ1n) is 10.9. The van der Waals surface area contributed by atoms with Gasteiger partial charge in [-0.25, -0.2) is 0 Å². The van der Waals surface area contributed by atoms with Crippen LogP contribution in [0.2, 0.25) is 5.02 Å². The molecule has 0 fully saturated rings. The zero-order chi connectivity index (χ0) is 21.1. The highest BCUT2D eigenvalue weighted by atomic mass is 35.5. The van der Waals surface area contributed by atoms with Gasteiger partial charge in [0, 0.05) is 30.1 Å². The number of ketones is 1. The number of hydrogen-bond donors (Lipinski definition) is 0. The molecule has 30 heavy (non-hydrogen) atoms. The molecule has 1 amide bonds. The lowest BCUT2D eigenvalue weighted by atomic mass is 9.94. The Labute approximate surface area is 183 Å². The second kappa shape index (κ2) is 9.32. The maximum atomic E-state index is 12.8. The van der Waals surface area contributed by atoms with Crippen LogP contribution in [0, 0.1) is 0 Å². The van der Waals surface area contributed by atoms with Crippen LogP contribution >= 0.6 is 11.6 Å². The van der Waals surface area contributed by atoms with Crippen molar-refractivity contribution in [2.75, 3.05) is 31.6 Å². The molecule has 0 N–H and O–H groups in total. The molecule has 5 heteroatoms. The minimum absolute atomic E-state index is 0.176. The monoisotopic (exact) mass is 424 g/mol. The molecule has 4 nitrogen and oxygen atoms in total. The third-order valence-corrected chi connectivity index (χ3v) is 6.61. The minimum atomic E-state index is 0.176. The summed E-state index contributed by atoms with van der Waals surface area (Å²) in [5.41, 5.74) is 5.27. The van der Waals surface area contributed by atoms with Crippen molar-refractivity contribution in [1.82, 2.24) is 4.90 Å². The fraction of sp³-hybridized carbons (Fsp3) is 0.440. The molecule has 0 saturated carbocycles. The summed E-state index contributed by atoms with van der Waals surface area (Å²) >= 11 is 6.23. The first-order valence-corrected chi connectivity index (χ1v) is 11.3. The molecule has 0 bridgehead atoms. The Morgan fingerprint density at radius 1 is 1.13 bits per heavy atom. The number of aryl methyl sites for hydroxylation is 1. The van der Waals surface area contributed by atoms with Crippen molar-refractivity contribution >= 4 is 29.0 Å². The van der Waals surface area contributed by atoms with Gasteiger partial charge in [-0.3, -0.25) is 9.59 Å². The highest BCUT2D eigenvalue weighted by Crippen LogP contribution is 2.37. The predicted octanol–water partition coefficient (Wildman–Crippen LogP) is 4.70. The van der Waals surface area contributed by atoms with Crippen LogP contribution in [0.25, 0.3) is 0 Å². The van der Waals surface area contributed by atoms with Crippen LogP contribution in [-0.2, 0) is 24.1 Å². The summed E-state index contributed by atoms with van der Waals surface area (Å²) in [5, 5.41) is 0.828. The van der Waals surface area contributed by atoms with E-state index < -0.39 is 0 Å². The summed E-state index contributed by atoms with van der Waals surface area (Å²) in [5.74, 6) is 0.375. The van der Waals surface area contributed by atoms with Gasteiger partial charge < -0.3 is 9.80 Å². The number of halogens is 1. The molecular formula is C25H29ClN2O2. The summed E-state index contributed by atoms with van der Waals surface area (Å²) in [6, 6.07) is 12.0. The van der Waals surface area contributed by atoms with Gasteiger partial charge >= 0.3 is 0 Å². The van der Waals surface area contributed by atoms with E-state index in [1.165, 1.54) is 11.1 Å². The molecule has 0 aliphatic carbocycles. The van der Waals surface area contributed by atoms with E-state index >= 15 is 0 Å². The number of unbranched alkanes of at least 4 members (excludes halogenated alkanes) is 1. The summed E-state index contributed by atoms with van der Waals surface area (Å²) < 4.78 is 0. The fourth-order valence-electron chi connectivity index (χ4n) is 4.58. The summed E-state index contributed by atoms with van der Waals surface area (Å²) in [6.07, 6.45) is 5.76. The van der Waals surface area contributed by atoms with Gasteiger partial charge in [0.2, 0.25) is 5.91 Å². The number of nitrogens with zero attached hydrogens (tertiary/aromatic N) is 2. The molecule has 2 aromatic rings. The van der Waals surface area contributed by atoms with E-state index in [1.807, 2.05) is 35.2 Å². The number of carbonyl (C=O) groups is 2. The first-order chi connectivity index (χ1) is 14.5. The summed E-state index contributed by atoms with van der Waals surface area (Å²) in [6.45, 7) is 2.74. The maximum absolute atomic E-state index is 12.8. The van der Waals surface area contributed by atoms with Gasteiger partial charge in [-0.1, -0.05) is 29.8 Å². The van der Waals surface area contributed by atoms with Crippen molar-refractivity contribution in [3.05, 3.63) is 63.7 Å². The van der Waals surface area contributed by atoms with Gasteiger partial charge in [0.1, 0.15) is 0 Å². The van der Waals surface area contributed by atoms with Gasteiger partial charge in [0.05, 0.1) is 12.1 Å². The second-order valence-corrected chi connectivity index (χ2v) is 8.90. The Hall–Kier alpha value is -2.17.